The molecular formula is C26H33F3N2O5. The van der Waals surface area contributed by atoms with Crippen LogP contribution in [0.2, 0.25) is 0 Å². The van der Waals surface area contributed by atoms with E-state index in [9.17, 15) is 27.6 Å². The standard InChI is InChI=1S/C26H33F3N2O5/c1-3-10-17-14-19-20(26(27,28)29)15-22(33)36-24(19)18(11-4-2)23(17)35-13-9-7-5-6-8-12-31-21(32)16-30-25(31)34/h14-15H,3-13,16H2,1-2H3,(H,30,34). The number of urea groups is 1. The van der Waals surface area contributed by atoms with Crippen LogP contribution >= 0.6 is 0 Å². The molecular weight excluding hydrogens is 477 g/mol. The molecule has 1 aliphatic rings. The number of imide groups is 1. The van der Waals surface area contributed by atoms with Gasteiger partial charge < -0.3 is 14.5 Å². The molecule has 0 spiro atoms. The zero-order valence-corrected chi connectivity index (χ0v) is 20.8. The third-order valence-corrected chi connectivity index (χ3v) is 6.19. The van der Waals surface area contributed by atoms with E-state index in [1.807, 2.05) is 13.8 Å². The fourth-order valence-electron chi connectivity index (χ4n) is 4.51. The number of amides is 3. The van der Waals surface area contributed by atoms with E-state index in [4.69, 9.17) is 9.15 Å². The molecule has 10 heteroatoms. The predicted molar refractivity (Wildman–Crippen MR) is 129 cm³/mol. The van der Waals surface area contributed by atoms with E-state index in [0.717, 1.165) is 38.5 Å². The first-order valence-electron chi connectivity index (χ1n) is 12.6. The Morgan fingerprint density at radius 1 is 1.00 bits per heavy atom. The maximum atomic E-state index is 13.7. The second-order valence-corrected chi connectivity index (χ2v) is 9.02. The zero-order chi connectivity index (χ0) is 26.3. The van der Waals surface area contributed by atoms with Crippen LogP contribution in [0, 0.1) is 0 Å². The van der Waals surface area contributed by atoms with Gasteiger partial charge in [-0.2, -0.15) is 13.2 Å². The summed E-state index contributed by atoms with van der Waals surface area (Å²) in [4.78, 5) is 36.3. The van der Waals surface area contributed by atoms with Gasteiger partial charge >= 0.3 is 17.8 Å². The molecule has 0 bridgehead atoms. The van der Waals surface area contributed by atoms with Gasteiger partial charge in [-0.15, -0.1) is 0 Å². The summed E-state index contributed by atoms with van der Waals surface area (Å²) >= 11 is 0. The zero-order valence-electron chi connectivity index (χ0n) is 20.8. The highest BCUT2D eigenvalue weighted by atomic mass is 19.4. The molecule has 3 amide bonds. The van der Waals surface area contributed by atoms with Gasteiger partial charge in [0.05, 0.1) is 18.7 Å². The molecule has 1 aliphatic heterocycles. The first-order chi connectivity index (χ1) is 17.2. The van der Waals surface area contributed by atoms with Crippen molar-refractivity contribution in [3.63, 3.8) is 0 Å². The predicted octanol–water partition coefficient (Wildman–Crippen LogP) is 5.60. The molecule has 0 unspecified atom stereocenters. The van der Waals surface area contributed by atoms with Crippen LogP contribution in [0.5, 0.6) is 5.75 Å². The van der Waals surface area contributed by atoms with Crippen molar-refractivity contribution in [2.75, 3.05) is 19.7 Å². The fourth-order valence-corrected chi connectivity index (χ4v) is 4.51. The summed E-state index contributed by atoms with van der Waals surface area (Å²) in [7, 11) is 0. The lowest BCUT2D eigenvalue weighted by Gasteiger charge is -2.19. The summed E-state index contributed by atoms with van der Waals surface area (Å²) < 4.78 is 52.5. The van der Waals surface area contributed by atoms with E-state index < -0.39 is 17.4 Å². The molecule has 1 aromatic carbocycles. The molecule has 2 aromatic rings. The Hall–Kier alpha value is -3.04. The number of ether oxygens (including phenoxy) is 1. The summed E-state index contributed by atoms with van der Waals surface area (Å²) in [5, 5.41) is 2.39. The highest BCUT2D eigenvalue weighted by Gasteiger charge is 2.35. The fraction of sp³-hybridized carbons (Fsp3) is 0.577. The number of aryl methyl sites for hydroxylation is 2. The second kappa shape index (κ2) is 12.3. The number of fused-ring (bicyclic) bond motifs is 1. The average molecular weight is 511 g/mol. The van der Waals surface area contributed by atoms with E-state index in [1.165, 1.54) is 11.0 Å². The molecule has 1 fully saturated rings. The van der Waals surface area contributed by atoms with E-state index in [1.54, 1.807) is 0 Å². The van der Waals surface area contributed by atoms with E-state index in [2.05, 4.69) is 5.32 Å². The van der Waals surface area contributed by atoms with Crippen molar-refractivity contribution in [1.82, 2.24) is 10.2 Å². The largest absolute Gasteiger partial charge is 0.493 e. The van der Waals surface area contributed by atoms with Crippen molar-refractivity contribution in [2.24, 2.45) is 0 Å². The number of alkyl halides is 3. The van der Waals surface area contributed by atoms with Crippen LogP contribution in [0.4, 0.5) is 18.0 Å². The van der Waals surface area contributed by atoms with Gasteiger partial charge in [-0.3, -0.25) is 9.69 Å². The van der Waals surface area contributed by atoms with Gasteiger partial charge in [0.15, 0.2) is 0 Å². The van der Waals surface area contributed by atoms with Crippen molar-refractivity contribution in [1.29, 1.82) is 0 Å². The van der Waals surface area contributed by atoms with Gasteiger partial charge in [0, 0.05) is 23.6 Å². The van der Waals surface area contributed by atoms with Crippen LogP contribution in [0.15, 0.2) is 21.3 Å². The first kappa shape index (κ1) is 27.5. The Kier molecular flexibility index (Phi) is 9.39. The molecule has 36 heavy (non-hydrogen) atoms. The molecule has 7 nitrogen and oxygen atoms in total. The van der Waals surface area contributed by atoms with Crippen LogP contribution < -0.4 is 15.7 Å². The monoisotopic (exact) mass is 510 g/mol. The number of nitrogens with one attached hydrogen (secondary N) is 1. The lowest BCUT2D eigenvalue weighted by Crippen LogP contribution is -2.31. The van der Waals surface area contributed by atoms with E-state index in [0.29, 0.717) is 55.4 Å². The van der Waals surface area contributed by atoms with Crippen molar-refractivity contribution >= 4 is 22.9 Å². The lowest BCUT2D eigenvalue weighted by molar-refractivity contribution is -0.136. The van der Waals surface area contributed by atoms with E-state index in [-0.39, 0.29) is 29.5 Å². The Morgan fingerprint density at radius 3 is 2.33 bits per heavy atom. The van der Waals surface area contributed by atoms with E-state index >= 15 is 0 Å². The number of benzene rings is 1. The number of hydrogen-bond donors (Lipinski definition) is 1. The van der Waals surface area contributed by atoms with Gasteiger partial charge in [-0.1, -0.05) is 46.0 Å². The lowest BCUT2D eigenvalue weighted by atomic mass is 9.96. The Bertz CT molecular complexity index is 1130. The molecule has 0 atom stereocenters. The van der Waals surface area contributed by atoms with Crippen LogP contribution in [0.25, 0.3) is 11.0 Å². The van der Waals surface area contributed by atoms with Crippen molar-refractivity contribution in [3.05, 3.63) is 39.2 Å². The minimum atomic E-state index is -4.67. The number of hydrogen-bond acceptors (Lipinski definition) is 5. The quantitative estimate of drug-likeness (QED) is 0.215. The van der Waals surface area contributed by atoms with Crippen molar-refractivity contribution in [2.45, 2.75) is 77.8 Å². The molecule has 3 rings (SSSR count). The molecule has 0 saturated carbocycles. The number of nitrogens with zero attached hydrogens (tertiary/aromatic N) is 1. The van der Waals surface area contributed by atoms with Crippen LogP contribution in [-0.2, 0) is 23.8 Å². The molecule has 2 heterocycles. The SMILES string of the molecule is CCCc1cc2c(C(F)(F)F)cc(=O)oc2c(CCC)c1OCCCCCCCN1C(=O)CNC1=O. The highest BCUT2D eigenvalue weighted by molar-refractivity contribution is 6.01. The summed E-state index contributed by atoms with van der Waals surface area (Å²) in [5.41, 5.74) is -0.874. The normalized spacial score (nSPS) is 14.1. The number of carbonyl (C=O) groups excluding carboxylic acids is 2. The van der Waals surface area contributed by atoms with Crippen molar-refractivity contribution < 1.29 is 31.9 Å². The summed E-state index contributed by atoms with van der Waals surface area (Å²) in [6.45, 7) is 4.71. The average Bonchev–Trinajstić information content (AvgIpc) is 3.13. The molecule has 198 valence electrons. The van der Waals surface area contributed by atoms with Crippen LogP contribution in [0.3, 0.4) is 0 Å². The molecule has 1 saturated heterocycles. The van der Waals surface area contributed by atoms with Crippen molar-refractivity contribution in [3.8, 4) is 5.75 Å². The summed E-state index contributed by atoms with van der Waals surface area (Å²) in [6, 6.07) is 1.63. The number of unbranched alkanes of at least 4 members (excludes halogenated alkanes) is 4. The maximum absolute atomic E-state index is 13.7. The smallest absolute Gasteiger partial charge is 0.417 e. The Labute approximate surface area is 208 Å². The highest BCUT2D eigenvalue weighted by Crippen LogP contribution is 2.40. The number of rotatable bonds is 13. The molecule has 1 aromatic heterocycles. The molecule has 1 N–H and O–H groups in total. The minimum Gasteiger partial charge on any atom is -0.493 e. The summed E-state index contributed by atoms with van der Waals surface area (Å²) in [6.07, 6.45) is 1.78. The van der Waals surface area contributed by atoms with Crippen LogP contribution in [0.1, 0.15) is 75.5 Å². The number of carbonyl (C=O) groups is 2. The van der Waals surface area contributed by atoms with Gasteiger partial charge in [0.1, 0.15) is 11.3 Å². The van der Waals surface area contributed by atoms with Gasteiger partial charge in [-0.05, 0) is 37.3 Å². The summed E-state index contributed by atoms with van der Waals surface area (Å²) in [5.74, 6) is 0.319. The maximum Gasteiger partial charge on any atom is 0.417 e. The molecule has 0 radical (unpaired) electrons. The number of halogens is 3. The second-order valence-electron chi connectivity index (χ2n) is 9.02. The Balaban J connectivity index is 1.68. The van der Waals surface area contributed by atoms with Crippen LogP contribution in [-0.4, -0.2) is 36.5 Å². The van der Waals surface area contributed by atoms with Gasteiger partial charge in [0.2, 0.25) is 5.91 Å². The topological polar surface area (TPSA) is 88.8 Å². The first-order valence-corrected chi connectivity index (χ1v) is 12.6. The third-order valence-electron chi connectivity index (χ3n) is 6.19. The molecule has 0 aliphatic carbocycles. The van der Waals surface area contributed by atoms with Gasteiger partial charge in [-0.25, -0.2) is 9.59 Å². The Morgan fingerprint density at radius 2 is 1.69 bits per heavy atom. The minimum absolute atomic E-state index is 0.0491. The van der Waals surface area contributed by atoms with Gasteiger partial charge in [0.25, 0.3) is 0 Å². The third kappa shape index (κ3) is 6.59.